The van der Waals surface area contributed by atoms with Gasteiger partial charge in [0.25, 0.3) is 0 Å². The van der Waals surface area contributed by atoms with Gasteiger partial charge in [0.15, 0.2) is 5.78 Å². The van der Waals surface area contributed by atoms with Gasteiger partial charge in [-0.3, -0.25) is 4.79 Å². The molecule has 1 fully saturated rings. The second kappa shape index (κ2) is 3.76. The number of methoxy groups -OCH3 is 1. The van der Waals surface area contributed by atoms with E-state index in [-0.39, 0.29) is 11.3 Å². The Balaban J connectivity index is 1.98. The highest BCUT2D eigenvalue weighted by molar-refractivity contribution is 6.13. The van der Waals surface area contributed by atoms with Crippen LogP contribution in [0.2, 0.25) is 0 Å². The second-order valence-electron chi connectivity index (χ2n) is 5.01. The highest BCUT2D eigenvalue weighted by Gasteiger charge is 2.45. The molecule has 3 heteroatoms. The third-order valence-electron chi connectivity index (χ3n) is 3.99. The van der Waals surface area contributed by atoms with Gasteiger partial charge >= 0.3 is 0 Å². The Kier molecular flexibility index (Phi) is 2.35. The summed E-state index contributed by atoms with van der Waals surface area (Å²) in [7, 11) is 1.65. The molecule has 1 spiro atoms. The first-order valence-corrected chi connectivity index (χ1v) is 6.26. The molecule has 0 unspecified atom stereocenters. The molecule has 1 aromatic carbocycles. The number of rotatable bonds is 1. The van der Waals surface area contributed by atoms with Gasteiger partial charge < -0.3 is 10.1 Å². The lowest BCUT2D eigenvalue weighted by Crippen LogP contribution is -2.43. The molecule has 1 aromatic rings. The van der Waals surface area contributed by atoms with E-state index in [0.717, 1.165) is 42.7 Å². The number of hydrogen-bond acceptors (Lipinski definition) is 3. The van der Waals surface area contributed by atoms with Crippen LogP contribution in [0.3, 0.4) is 0 Å². The van der Waals surface area contributed by atoms with Gasteiger partial charge in [0, 0.05) is 17.3 Å². The predicted molar refractivity (Wildman–Crippen MR) is 66.8 cm³/mol. The van der Waals surface area contributed by atoms with E-state index in [1.54, 1.807) is 7.11 Å². The van der Waals surface area contributed by atoms with E-state index in [1.807, 2.05) is 18.2 Å². The minimum Gasteiger partial charge on any atom is -0.497 e. The lowest BCUT2D eigenvalue weighted by atomic mass is 9.79. The number of ether oxygens (including phenoxy) is 1. The minimum atomic E-state index is -0.313. The largest absolute Gasteiger partial charge is 0.497 e. The SMILES string of the molecule is COc1ccc2c(c1)NC1(CCCCC1)C2=O. The van der Waals surface area contributed by atoms with Crippen molar-refractivity contribution in [2.24, 2.45) is 0 Å². The molecule has 0 radical (unpaired) electrons. The van der Waals surface area contributed by atoms with Crippen LogP contribution in [-0.4, -0.2) is 18.4 Å². The predicted octanol–water partition coefficient (Wildman–Crippen LogP) is 3.01. The van der Waals surface area contributed by atoms with Crippen molar-refractivity contribution in [3.63, 3.8) is 0 Å². The zero-order chi connectivity index (χ0) is 11.9. The van der Waals surface area contributed by atoms with E-state index in [1.165, 1.54) is 6.42 Å². The summed E-state index contributed by atoms with van der Waals surface area (Å²) in [6, 6.07) is 5.67. The van der Waals surface area contributed by atoms with Crippen molar-refractivity contribution >= 4 is 11.5 Å². The first kappa shape index (κ1) is 10.6. The number of ketones is 1. The van der Waals surface area contributed by atoms with E-state index in [9.17, 15) is 4.79 Å². The standard InChI is InChI=1S/C14H17NO2/c1-17-10-5-6-11-12(9-10)15-14(13(11)16)7-3-2-4-8-14/h5-6,9,15H,2-4,7-8H2,1H3. The van der Waals surface area contributed by atoms with Gasteiger partial charge in [0.1, 0.15) is 11.3 Å². The fourth-order valence-corrected chi connectivity index (χ4v) is 3.03. The van der Waals surface area contributed by atoms with E-state index in [4.69, 9.17) is 4.74 Å². The molecule has 0 bridgehead atoms. The summed E-state index contributed by atoms with van der Waals surface area (Å²) in [4.78, 5) is 12.5. The number of anilines is 1. The van der Waals surface area contributed by atoms with E-state index in [0.29, 0.717) is 0 Å². The van der Waals surface area contributed by atoms with Crippen LogP contribution in [0.5, 0.6) is 5.75 Å². The second-order valence-corrected chi connectivity index (χ2v) is 5.01. The Bertz CT molecular complexity index is 461. The molecule has 2 aliphatic rings. The summed E-state index contributed by atoms with van der Waals surface area (Å²) >= 11 is 0. The molecule has 0 aromatic heterocycles. The summed E-state index contributed by atoms with van der Waals surface area (Å²) in [5.41, 5.74) is 1.45. The smallest absolute Gasteiger partial charge is 0.190 e. The molecular formula is C14H17NO2. The lowest BCUT2D eigenvalue weighted by Gasteiger charge is -2.32. The summed E-state index contributed by atoms with van der Waals surface area (Å²) in [6.07, 6.45) is 5.45. The first-order valence-electron chi connectivity index (χ1n) is 6.26. The number of benzene rings is 1. The molecule has 0 atom stereocenters. The van der Waals surface area contributed by atoms with Crippen LogP contribution in [0.15, 0.2) is 18.2 Å². The summed E-state index contributed by atoms with van der Waals surface area (Å²) in [5, 5.41) is 3.44. The van der Waals surface area contributed by atoms with Crippen molar-refractivity contribution in [2.75, 3.05) is 12.4 Å². The quantitative estimate of drug-likeness (QED) is 0.807. The van der Waals surface area contributed by atoms with Crippen LogP contribution in [-0.2, 0) is 0 Å². The van der Waals surface area contributed by atoms with Gasteiger partial charge in [0.2, 0.25) is 0 Å². The van der Waals surface area contributed by atoms with Crippen LogP contribution >= 0.6 is 0 Å². The number of Topliss-reactive ketones (excluding diaryl/α,β-unsaturated/α-hetero) is 1. The molecular weight excluding hydrogens is 214 g/mol. The molecule has 3 rings (SSSR count). The van der Waals surface area contributed by atoms with Gasteiger partial charge in [-0.05, 0) is 25.0 Å². The molecule has 1 heterocycles. The molecule has 1 aliphatic heterocycles. The number of hydrogen-bond donors (Lipinski definition) is 1. The average molecular weight is 231 g/mol. The highest BCUT2D eigenvalue weighted by atomic mass is 16.5. The molecule has 90 valence electrons. The Hall–Kier alpha value is -1.51. The van der Waals surface area contributed by atoms with E-state index >= 15 is 0 Å². The van der Waals surface area contributed by atoms with Crippen molar-refractivity contribution < 1.29 is 9.53 Å². The van der Waals surface area contributed by atoms with Crippen molar-refractivity contribution in [1.29, 1.82) is 0 Å². The van der Waals surface area contributed by atoms with Gasteiger partial charge in [-0.25, -0.2) is 0 Å². The Labute approximate surface area is 101 Å². The molecule has 17 heavy (non-hydrogen) atoms. The fraction of sp³-hybridized carbons (Fsp3) is 0.500. The zero-order valence-corrected chi connectivity index (χ0v) is 10.1. The van der Waals surface area contributed by atoms with Gasteiger partial charge in [-0.2, -0.15) is 0 Å². The summed E-state index contributed by atoms with van der Waals surface area (Å²) < 4.78 is 5.20. The number of fused-ring (bicyclic) bond motifs is 1. The van der Waals surface area contributed by atoms with Gasteiger partial charge in [-0.15, -0.1) is 0 Å². The zero-order valence-electron chi connectivity index (χ0n) is 10.1. The first-order chi connectivity index (χ1) is 8.25. The fourth-order valence-electron chi connectivity index (χ4n) is 3.03. The van der Waals surface area contributed by atoms with Crippen molar-refractivity contribution in [2.45, 2.75) is 37.6 Å². The summed E-state index contributed by atoms with van der Waals surface area (Å²) in [6.45, 7) is 0. The normalized spacial score (nSPS) is 21.1. The Morgan fingerprint density at radius 3 is 2.71 bits per heavy atom. The maximum Gasteiger partial charge on any atom is 0.190 e. The Morgan fingerprint density at radius 1 is 1.24 bits per heavy atom. The monoisotopic (exact) mass is 231 g/mol. The van der Waals surface area contributed by atoms with Crippen LogP contribution in [0.1, 0.15) is 42.5 Å². The topological polar surface area (TPSA) is 38.3 Å². The van der Waals surface area contributed by atoms with Crippen LogP contribution in [0.4, 0.5) is 5.69 Å². The maximum atomic E-state index is 12.5. The number of carbonyl (C=O) groups excluding carboxylic acids is 1. The van der Waals surface area contributed by atoms with Crippen LogP contribution < -0.4 is 10.1 Å². The molecule has 3 nitrogen and oxygen atoms in total. The maximum absolute atomic E-state index is 12.5. The van der Waals surface area contributed by atoms with Gasteiger partial charge in [0.05, 0.1) is 7.11 Å². The molecule has 0 saturated heterocycles. The van der Waals surface area contributed by atoms with E-state index < -0.39 is 0 Å². The lowest BCUT2D eigenvalue weighted by molar-refractivity contribution is 0.0886. The highest BCUT2D eigenvalue weighted by Crippen LogP contribution is 2.42. The molecule has 1 saturated carbocycles. The van der Waals surface area contributed by atoms with Crippen molar-refractivity contribution in [3.8, 4) is 5.75 Å². The minimum absolute atomic E-state index is 0.273. The summed E-state index contributed by atoms with van der Waals surface area (Å²) in [5.74, 6) is 1.08. The van der Waals surface area contributed by atoms with Gasteiger partial charge in [-0.1, -0.05) is 19.3 Å². The third-order valence-corrected chi connectivity index (χ3v) is 3.99. The van der Waals surface area contributed by atoms with Crippen LogP contribution in [0.25, 0.3) is 0 Å². The van der Waals surface area contributed by atoms with Crippen LogP contribution in [0, 0.1) is 0 Å². The number of carbonyl (C=O) groups is 1. The number of nitrogens with one attached hydrogen (secondary N) is 1. The average Bonchev–Trinajstić information content (AvgIpc) is 2.63. The van der Waals surface area contributed by atoms with Crippen molar-refractivity contribution in [3.05, 3.63) is 23.8 Å². The Morgan fingerprint density at radius 2 is 2.00 bits per heavy atom. The molecule has 0 amide bonds. The molecule has 1 N–H and O–H groups in total. The van der Waals surface area contributed by atoms with E-state index in [2.05, 4.69) is 5.32 Å². The van der Waals surface area contributed by atoms with Crippen molar-refractivity contribution in [1.82, 2.24) is 0 Å². The third kappa shape index (κ3) is 1.53. The molecule has 1 aliphatic carbocycles.